The average molecular weight is 305 g/mol. The zero-order valence-corrected chi connectivity index (χ0v) is 10.7. The van der Waals surface area contributed by atoms with E-state index in [0.717, 1.165) is 4.90 Å². The van der Waals surface area contributed by atoms with Crippen molar-refractivity contribution in [2.75, 3.05) is 11.9 Å². The van der Waals surface area contributed by atoms with Gasteiger partial charge in [-0.15, -0.1) is 0 Å². The second kappa shape index (κ2) is 5.31. The van der Waals surface area contributed by atoms with Crippen LogP contribution in [-0.4, -0.2) is 7.05 Å². The molecule has 0 saturated carbocycles. The maximum atomic E-state index is 14.0. The van der Waals surface area contributed by atoms with Crippen LogP contribution in [0.3, 0.4) is 0 Å². The lowest BCUT2D eigenvalue weighted by molar-refractivity contribution is -0.142. The molecule has 0 saturated heterocycles. The number of benzene rings is 2. The van der Waals surface area contributed by atoms with Crippen LogP contribution in [0.25, 0.3) is 0 Å². The first-order valence-electron chi connectivity index (χ1n) is 5.77. The minimum atomic E-state index is -5.33. The van der Waals surface area contributed by atoms with Gasteiger partial charge in [-0.25, -0.2) is 13.2 Å². The number of hydrogen-bond acceptors (Lipinski definition) is 1. The highest BCUT2D eigenvalue weighted by molar-refractivity contribution is 5.64. The van der Waals surface area contributed by atoms with E-state index in [4.69, 9.17) is 0 Å². The molecule has 0 bridgehead atoms. The van der Waals surface area contributed by atoms with Gasteiger partial charge < -0.3 is 4.90 Å². The van der Waals surface area contributed by atoms with E-state index in [1.165, 1.54) is 19.2 Å². The Morgan fingerprint density at radius 2 is 1.48 bits per heavy atom. The van der Waals surface area contributed by atoms with E-state index in [0.29, 0.717) is 11.8 Å². The van der Waals surface area contributed by atoms with Crippen LogP contribution in [-0.2, 0) is 6.18 Å². The number of rotatable bonds is 2. The molecule has 7 heteroatoms. The fourth-order valence-corrected chi connectivity index (χ4v) is 1.87. The van der Waals surface area contributed by atoms with E-state index in [1.807, 2.05) is 0 Å². The van der Waals surface area contributed by atoms with Gasteiger partial charge in [0, 0.05) is 18.8 Å². The van der Waals surface area contributed by atoms with Crippen molar-refractivity contribution >= 4 is 11.4 Å². The molecular formula is C14H9F6N. The van der Waals surface area contributed by atoms with Crippen molar-refractivity contribution < 1.29 is 26.3 Å². The molecular weight excluding hydrogens is 296 g/mol. The van der Waals surface area contributed by atoms with E-state index < -0.39 is 34.9 Å². The minimum absolute atomic E-state index is 0.329. The van der Waals surface area contributed by atoms with Gasteiger partial charge in [0.2, 0.25) is 0 Å². The molecule has 0 atom stereocenters. The summed E-state index contributed by atoms with van der Waals surface area (Å²) >= 11 is 0. The fourth-order valence-electron chi connectivity index (χ4n) is 1.87. The Labute approximate surface area is 116 Å². The van der Waals surface area contributed by atoms with E-state index in [2.05, 4.69) is 0 Å². The highest BCUT2D eigenvalue weighted by Gasteiger charge is 2.41. The minimum Gasteiger partial charge on any atom is -0.342 e. The monoisotopic (exact) mass is 305 g/mol. The van der Waals surface area contributed by atoms with Crippen LogP contribution in [0.1, 0.15) is 5.56 Å². The number of nitrogens with zero attached hydrogens (tertiary/aromatic N) is 1. The molecule has 0 heterocycles. The molecule has 0 radical (unpaired) electrons. The summed E-state index contributed by atoms with van der Waals surface area (Å²) in [6.07, 6.45) is -5.33. The van der Waals surface area contributed by atoms with Crippen molar-refractivity contribution in [3.8, 4) is 0 Å². The standard InChI is InChI=1S/C14H9F6N/c1-21(8-5-3-2-4-6-8)10-7-9(15)12(16)11(13(10)17)14(18,19)20/h2-7H,1H3. The van der Waals surface area contributed by atoms with E-state index >= 15 is 0 Å². The lowest BCUT2D eigenvalue weighted by atomic mass is 10.1. The largest absolute Gasteiger partial charge is 0.422 e. The quantitative estimate of drug-likeness (QED) is 0.564. The lowest BCUT2D eigenvalue weighted by Gasteiger charge is -2.22. The van der Waals surface area contributed by atoms with Gasteiger partial charge in [0.05, 0.1) is 5.69 Å². The maximum absolute atomic E-state index is 14.0. The summed E-state index contributed by atoms with van der Waals surface area (Å²) in [6, 6.07) is 8.19. The zero-order valence-electron chi connectivity index (χ0n) is 10.7. The molecule has 0 N–H and O–H groups in total. The number of hydrogen-bond donors (Lipinski definition) is 0. The van der Waals surface area contributed by atoms with Gasteiger partial charge in [0.15, 0.2) is 17.5 Å². The Morgan fingerprint density at radius 1 is 0.905 bits per heavy atom. The van der Waals surface area contributed by atoms with Crippen LogP contribution in [0.4, 0.5) is 37.7 Å². The smallest absolute Gasteiger partial charge is 0.342 e. The molecule has 21 heavy (non-hydrogen) atoms. The highest BCUT2D eigenvalue weighted by atomic mass is 19.4. The Bertz CT molecular complexity index is 651. The fraction of sp³-hybridized carbons (Fsp3) is 0.143. The van der Waals surface area contributed by atoms with E-state index in [9.17, 15) is 26.3 Å². The second-order valence-electron chi connectivity index (χ2n) is 4.27. The first kappa shape index (κ1) is 15.2. The van der Waals surface area contributed by atoms with E-state index in [1.54, 1.807) is 18.2 Å². The number of alkyl halides is 3. The predicted octanol–water partition coefficient (Wildman–Crippen LogP) is 4.89. The molecule has 2 aromatic rings. The van der Waals surface area contributed by atoms with Gasteiger partial charge in [-0.2, -0.15) is 13.2 Å². The Balaban J connectivity index is 2.63. The van der Waals surface area contributed by atoms with Gasteiger partial charge in [-0.05, 0) is 12.1 Å². The van der Waals surface area contributed by atoms with Gasteiger partial charge in [0.1, 0.15) is 5.56 Å². The normalized spacial score (nSPS) is 11.6. The third kappa shape index (κ3) is 2.81. The average Bonchev–Trinajstić information content (AvgIpc) is 2.42. The molecule has 0 aliphatic heterocycles. The molecule has 2 aromatic carbocycles. The molecule has 0 aliphatic carbocycles. The molecule has 1 nitrogen and oxygen atoms in total. The number of para-hydroxylation sites is 1. The third-order valence-corrected chi connectivity index (χ3v) is 2.93. The van der Waals surface area contributed by atoms with Crippen LogP contribution < -0.4 is 4.90 Å². The van der Waals surface area contributed by atoms with Gasteiger partial charge in [-0.3, -0.25) is 0 Å². The van der Waals surface area contributed by atoms with Gasteiger partial charge >= 0.3 is 6.18 Å². The summed E-state index contributed by atoms with van der Waals surface area (Å²) in [6.45, 7) is 0. The third-order valence-electron chi connectivity index (χ3n) is 2.93. The molecule has 0 aliphatic rings. The summed E-state index contributed by atoms with van der Waals surface area (Å²) in [5.41, 5.74) is -2.61. The Hall–Kier alpha value is -2.18. The zero-order chi connectivity index (χ0) is 15.8. The summed E-state index contributed by atoms with van der Waals surface area (Å²) < 4.78 is 78.6. The van der Waals surface area contributed by atoms with Gasteiger partial charge in [0.25, 0.3) is 0 Å². The van der Waals surface area contributed by atoms with Crippen LogP contribution >= 0.6 is 0 Å². The second-order valence-corrected chi connectivity index (χ2v) is 4.27. The summed E-state index contributed by atoms with van der Waals surface area (Å²) in [4.78, 5) is 1.01. The summed E-state index contributed by atoms with van der Waals surface area (Å²) in [5, 5.41) is 0. The Kier molecular flexibility index (Phi) is 3.85. The van der Waals surface area contributed by atoms with Crippen molar-refractivity contribution in [2.24, 2.45) is 0 Å². The highest BCUT2D eigenvalue weighted by Crippen LogP contribution is 2.39. The molecule has 112 valence electrons. The summed E-state index contributed by atoms with van der Waals surface area (Å²) in [7, 11) is 1.26. The summed E-state index contributed by atoms with van der Waals surface area (Å²) in [5.74, 6) is -5.86. The van der Waals surface area contributed by atoms with Crippen LogP contribution in [0.5, 0.6) is 0 Å². The number of halogens is 6. The van der Waals surface area contributed by atoms with Crippen molar-refractivity contribution in [3.05, 3.63) is 59.4 Å². The van der Waals surface area contributed by atoms with E-state index in [-0.39, 0.29) is 0 Å². The molecule has 0 aromatic heterocycles. The molecule has 0 fully saturated rings. The molecule has 0 amide bonds. The number of anilines is 2. The first-order chi connectivity index (χ1) is 9.73. The van der Waals surface area contributed by atoms with Crippen LogP contribution in [0, 0.1) is 17.5 Å². The molecule has 0 spiro atoms. The molecule has 0 unspecified atom stereocenters. The predicted molar refractivity (Wildman–Crippen MR) is 65.8 cm³/mol. The lowest BCUT2D eigenvalue weighted by Crippen LogP contribution is -2.18. The Morgan fingerprint density at radius 3 is 2.00 bits per heavy atom. The SMILES string of the molecule is CN(c1ccccc1)c1cc(F)c(F)c(C(F)(F)F)c1F. The van der Waals surface area contributed by atoms with Crippen LogP contribution in [0.15, 0.2) is 36.4 Å². The van der Waals surface area contributed by atoms with Crippen molar-refractivity contribution in [3.63, 3.8) is 0 Å². The van der Waals surface area contributed by atoms with Crippen molar-refractivity contribution in [2.45, 2.75) is 6.18 Å². The van der Waals surface area contributed by atoms with Crippen LogP contribution in [0.2, 0.25) is 0 Å². The van der Waals surface area contributed by atoms with Crippen molar-refractivity contribution in [1.82, 2.24) is 0 Å². The molecule has 2 rings (SSSR count). The topological polar surface area (TPSA) is 3.24 Å². The first-order valence-corrected chi connectivity index (χ1v) is 5.77. The van der Waals surface area contributed by atoms with Crippen molar-refractivity contribution in [1.29, 1.82) is 0 Å². The maximum Gasteiger partial charge on any atom is 0.422 e. The van der Waals surface area contributed by atoms with Gasteiger partial charge in [-0.1, -0.05) is 18.2 Å².